The lowest BCUT2D eigenvalue weighted by Gasteiger charge is -2.20. The minimum atomic E-state index is -0.403. The van der Waals surface area contributed by atoms with Gasteiger partial charge in [-0.1, -0.05) is 12.1 Å². The molecule has 2 aromatic carbocycles. The molecule has 0 bridgehead atoms. The van der Waals surface area contributed by atoms with Crippen molar-refractivity contribution in [1.82, 2.24) is 14.9 Å². The van der Waals surface area contributed by atoms with Gasteiger partial charge in [-0.2, -0.15) is 0 Å². The molecule has 26 heavy (non-hydrogen) atoms. The summed E-state index contributed by atoms with van der Waals surface area (Å²) in [6.45, 7) is 0. The van der Waals surface area contributed by atoms with Crippen LogP contribution in [0.4, 0.5) is 0 Å². The second-order valence-electron chi connectivity index (χ2n) is 5.81. The van der Waals surface area contributed by atoms with Crippen LogP contribution in [0.2, 0.25) is 0 Å². The van der Waals surface area contributed by atoms with E-state index in [1.54, 1.807) is 44.7 Å². The van der Waals surface area contributed by atoms with Crippen molar-refractivity contribution >= 4 is 5.91 Å². The molecule has 134 valence electrons. The largest absolute Gasteiger partial charge is 0.497 e. The Morgan fingerprint density at radius 2 is 1.81 bits per heavy atom. The van der Waals surface area contributed by atoms with Crippen molar-refractivity contribution in [2.24, 2.45) is 7.05 Å². The Bertz CT molecular complexity index is 887. The summed E-state index contributed by atoms with van der Waals surface area (Å²) in [6, 6.07) is 14.2. The molecule has 6 nitrogen and oxygen atoms in total. The van der Waals surface area contributed by atoms with E-state index < -0.39 is 6.04 Å². The van der Waals surface area contributed by atoms with Crippen LogP contribution in [-0.2, 0) is 7.05 Å². The van der Waals surface area contributed by atoms with Gasteiger partial charge in [-0.3, -0.25) is 4.79 Å². The van der Waals surface area contributed by atoms with Gasteiger partial charge in [0.25, 0.3) is 5.91 Å². The number of methoxy groups -OCH3 is 2. The van der Waals surface area contributed by atoms with Crippen LogP contribution >= 0.6 is 0 Å². The van der Waals surface area contributed by atoms with Crippen molar-refractivity contribution in [3.8, 4) is 11.5 Å². The minimum absolute atomic E-state index is 0.191. The smallest absolute Gasteiger partial charge is 0.252 e. The van der Waals surface area contributed by atoms with Gasteiger partial charge in [-0.25, -0.2) is 4.98 Å². The molecule has 6 heteroatoms. The molecule has 3 aromatic rings. The lowest BCUT2D eigenvalue weighted by Crippen LogP contribution is -2.31. The quantitative estimate of drug-likeness (QED) is 0.741. The number of hydrogen-bond acceptors (Lipinski definition) is 4. The highest BCUT2D eigenvalue weighted by atomic mass is 16.5. The summed E-state index contributed by atoms with van der Waals surface area (Å²) < 4.78 is 12.3. The maximum atomic E-state index is 12.8. The molecule has 1 amide bonds. The van der Waals surface area contributed by atoms with Gasteiger partial charge in [0, 0.05) is 25.0 Å². The van der Waals surface area contributed by atoms with Gasteiger partial charge in [-0.15, -0.1) is 0 Å². The van der Waals surface area contributed by atoms with Crippen molar-refractivity contribution < 1.29 is 14.3 Å². The van der Waals surface area contributed by atoms with Gasteiger partial charge in [0.1, 0.15) is 23.4 Å². The predicted octanol–water partition coefficient (Wildman–Crippen LogP) is 2.96. The summed E-state index contributed by atoms with van der Waals surface area (Å²) in [7, 11) is 5.11. The average Bonchev–Trinajstić information content (AvgIpc) is 3.11. The number of amides is 1. The van der Waals surface area contributed by atoms with Gasteiger partial charge in [0.15, 0.2) is 0 Å². The maximum Gasteiger partial charge on any atom is 0.252 e. The van der Waals surface area contributed by atoms with Crippen LogP contribution in [0.15, 0.2) is 60.9 Å². The zero-order valence-corrected chi connectivity index (χ0v) is 15.0. The van der Waals surface area contributed by atoms with E-state index in [1.165, 1.54) is 0 Å². The van der Waals surface area contributed by atoms with Crippen LogP contribution in [-0.4, -0.2) is 29.7 Å². The summed E-state index contributed by atoms with van der Waals surface area (Å²) >= 11 is 0. The third kappa shape index (κ3) is 3.69. The topological polar surface area (TPSA) is 65.4 Å². The van der Waals surface area contributed by atoms with E-state index in [-0.39, 0.29) is 5.91 Å². The number of aromatic nitrogens is 2. The first-order valence-electron chi connectivity index (χ1n) is 8.18. The molecule has 1 aromatic heterocycles. The second-order valence-corrected chi connectivity index (χ2v) is 5.81. The number of carbonyl (C=O) groups is 1. The Kier molecular flexibility index (Phi) is 5.22. The summed E-state index contributed by atoms with van der Waals surface area (Å²) in [5.74, 6) is 1.97. The lowest BCUT2D eigenvalue weighted by atomic mass is 10.0. The molecule has 0 aliphatic rings. The number of carbonyl (C=O) groups excluding carboxylic acids is 1. The van der Waals surface area contributed by atoms with E-state index in [4.69, 9.17) is 9.47 Å². The first-order chi connectivity index (χ1) is 12.6. The van der Waals surface area contributed by atoms with E-state index in [9.17, 15) is 4.79 Å². The van der Waals surface area contributed by atoms with Crippen LogP contribution in [0.1, 0.15) is 27.8 Å². The molecule has 3 rings (SSSR count). The van der Waals surface area contributed by atoms with E-state index >= 15 is 0 Å². The SMILES string of the molecule is COc1ccc(C(=O)N[C@@H](c2cccc(OC)c2)c2nccn2C)cc1. The number of nitrogens with zero attached hydrogens (tertiary/aromatic N) is 2. The molecule has 1 atom stereocenters. The van der Waals surface area contributed by atoms with Gasteiger partial charge in [-0.05, 0) is 42.0 Å². The van der Waals surface area contributed by atoms with Crippen molar-refractivity contribution in [2.45, 2.75) is 6.04 Å². The van der Waals surface area contributed by atoms with E-state index in [1.807, 2.05) is 42.1 Å². The predicted molar refractivity (Wildman–Crippen MR) is 98.5 cm³/mol. The summed E-state index contributed by atoms with van der Waals surface area (Å²) in [5.41, 5.74) is 1.44. The highest BCUT2D eigenvalue weighted by molar-refractivity contribution is 5.94. The maximum absolute atomic E-state index is 12.8. The van der Waals surface area contributed by atoms with Crippen molar-refractivity contribution in [3.63, 3.8) is 0 Å². The monoisotopic (exact) mass is 351 g/mol. The fraction of sp³-hybridized carbons (Fsp3) is 0.200. The molecular formula is C20H21N3O3. The number of aryl methyl sites for hydroxylation is 1. The van der Waals surface area contributed by atoms with Crippen LogP contribution in [0.5, 0.6) is 11.5 Å². The van der Waals surface area contributed by atoms with E-state index in [0.717, 1.165) is 17.1 Å². The third-order valence-electron chi connectivity index (χ3n) is 4.17. The minimum Gasteiger partial charge on any atom is -0.497 e. The standard InChI is InChI=1S/C20H21N3O3/c1-23-12-11-21-19(23)18(15-5-4-6-17(13-15)26-3)22-20(24)14-7-9-16(25-2)10-8-14/h4-13,18H,1-3H3,(H,22,24)/t18-/m0/s1. The first-order valence-corrected chi connectivity index (χ1v) is 8.18. The summed E-state index contributed by atoms with van der Waals surface area (Å²) in [5, 5.41) is 3.06. The number of imidazole rings is 1. The third-order valence-corrected chi connectivity index (χ3v) is 4.17. The number of ether oxygens (including phenoxy) is 2. The van der Waals surface area contributed by atoms with Gasteiger partial charge in [0.05, 0.1) is 14.2 Å². The van der Waals surface area contributed by atoms with Crippen LogP contribution in [0.25, 0.3) is 0 Å². The van der Waals surface area contributed by atoms with Crippen molar-refractivity contribution in [3.05, 3.63) is 77.9 Å². The Balaban J connectivity index is 1.92. The van der Waals surface area contributed by atoms with Crippen molar-refractivity contribution in [2.75, 3.05) is 14.2 Å². The van der Waals surface area contributed by atoms with Gasteiger partial charge < -0.3 is 19.4 Å². The number of nitrogens with one attached hydrogen (secondary N) is 1. The molecule has 0 fully saturated rings. The fourth-order valence-electron chi connectivity index (χ4n) is 2.73. The molecule has 0 unspecified atom stereocenters. The fourth-order valence-corrected chi connectivity index (χ4v) is 2.73. The number of rotatable bonds is 6. The highest BCUT2D eigenvalue weighted by Crippen LogP contribution is 2.24. The number of hydrogen-bond donors (Lipinski definition) is 1. The Morgan fingerprint density at radius 1 is 1.08 bits per heavy atom. The molecule has 0 radical (unpaired) electrons. The van der Waals surface area contributed by atoms with E-state index in [2.05, 4.69) is 10.3 Å². The average molecular weight is 351 g/mol. The second kappa shape index (κ2) is 7.74. The zero-order valence-electron chi connectivity index (χ0n) is 15.0. The number of benzene rings is 2. The molecule has 0 aliphatic carbocycles. The molecule has 1 heterocycles. The van der Waals surface area contributed by atoms with Gasteiger partial charge >= 0.3 is 0 Å². The van der Waals surface area contributed by atoms with Crippen molar-refractivity contribution in [1.29, 1.82) is 0 Å². The van der Waals surface area contributed by atoms with Crippen LogP contribution in [0.3, 0.4) is 0 Å². The Hall–Kier alpha value is -3.28. The Labute approximate surface area is 152 Å². The molecule has 0 saturated heterocycles. The molecule has 1 N–H and O–H groups in total. The van der Waals surface area contributed by atoms with Crippen LogP contribution in [0, 0.1) is 0 Å². The van der Waals surface area contributed by atoms with E-state index in [0.29, 0.717) is 11.3 Å². The molecule has 0 spiro atoms. The normalized spacial score (nSPS) is 11.7. The molecule has 0 saturated carbocycles. The summed E-state index contributed by atoms with van der Waals surface area (Å²) in [6.07, 6.45) is 3.56. The zero-order chi connectivity index (χ0) is 18.5. The first kappa shape index (κ1) is 17.5. The Morgan fingerprint density at radius 3 is 2.42 bits per heavy atom. The summed E-state index contributed by atoms with van der Waals surface area (Å²) in [4.78, 5) is 17.2. The highest BCUT2D eigenvalue weighted by Gasteiger charge is 2.22. The lowest BCUT2D eigenvalue weighted by molar-refractivity contribution is 0.0941. The van der Waals surface area contributed by atoms with Gasteiger partial charge in [0.2, 0.25) is 0 Å². The molecule has 0 aliphatic heterocycles. The van der Waals surface area contributed by atoms with Crippen LogP contribution < -0.4 is 14.8 Å². The molecular weight excluding hydrogens is 330 g/mol.